The van der Waals surface area contributed by atoms with E-state index in [2.05, 4.69) is 70.4 Å². The molecule has 2 aromatic carbocycles. The van der Waals surface area contributed by atoms with Crippen molar-refractivity contribution in [2.45, 2.75) is 225 Å². The first-order valence-corrected chi connectivity index (χ1v) is 39.2. The molecule has 11 amide bonds. The van der Waals surface area contributed by atoms with Gasteiger partial charge >= 0.3 is 17.9 Å². The van der Waals surface area contributed by atoms with Crippen LogP contribution in [-0.2, 0) is 112 Å². The number of benzene rings is 2. The van der Waals surface area contributed by atoms with E-state index in [-0.39, 0.29) is 56.4 Å². The van der Waals surface area contributed by atoms with Crippen LogP contribution in [0.25, 0.3) is 10.9 Å². The number of hydrogen-bond donors (Lipinski definition) is 16. The minimum Gasteiger partial charge on any atom is -0.481 e. The zero-order chi connectivity index (χ0) is 87.7. The zero-order valence-electron chi connectivity index (χ0n) is 67.3. The number of carbonyl (C=O) groups excluding carboxylic acids is 18. The number of para-hydroxylation sites is 1. The molecule has 0 saturated carbocycles. The third-order valence-corrected chi connectivity index (χ3v) is 19.5. The van der Waals surface area contributed by atoms with Gasteiger partial charge in [-0.15, -0.1) is 0 Å². The Morgan fingerprint density at radius 1 is 0.644 bits per heavy atom. The van der Waals surface area contributed by atoms with Crippen molar-refractivity contribution in [3.8, 4) is 0 Å². The summed E-state index contributed by atoms with van der Waals surface area (Å²) in [5.74, 6) is -28.7. The summed E-state index contributed by atoms with van der Waals surface area (Å²) < 4.78 is 15.4. The number of cyclic esters (lactones) is 1. The number of amides is 11. The number of ketones is 4. The molecule has 2 heterocycles. The number of nitrogens with two attached hydrogens (primary N) is 1. The number of aromatic amines is 1. The molecule has 17 N–H and O–H groups in total. The minimum atomic E-state index is -2.34. The van der Waals surface area contributed by atoms with Crippen LogP contribution in [0.4, 0.5) is 5.69 Å². The van der Waals surface area contributed by atoms with Crippen molar-refractivity contribution in [1.82, 2.24) is 58.2 Å². The van der Waals surface area contributed by atoms with Crippen molar-refractivity contribution >= 4 is 136 Å². The first-order chi connectivity index (χ1) is 56.1. The molecule has 0 spiro atoms. The lowest BCUT2D eigenvalue weighted by molar-refractivity contribution is -0.156. The van der Waals surface area contributed by atoms with Crippen LogP contribution >= 0.6 is 0 Å². The lowest BCUT2D eigenvalue weighted by atomic mass is 9.84. The number of carboxylic acid groups (broad SMARTS) is 2. The summed E-state index contributed by atoms with van der Waals surface area (Å²) in [6.45, 7) is 5.66. The number of anilines is 1. The molecule has 39 nitrogen and oxygen atoms in total. The average Bonchev–Trinajstić information content (AvgIpc) is 1.28. The highest BCUT2D eigenvalue weighted by Crippen LogP contribution is 2.26. The molecule has 39 heteroatoms. The van der Waals surface area contributed by atoms with Gasteiger partial charge in [-0.25, -0.2) is 4.79 Å². The van der Waals surface area contributed by atoms with Crippen molar-refractivity contribution in [2.75, 3.05) is 44.8 Å². The Bertz CT molecular complexity index is 4050. The monoisotopic (exact) mass is 1660 g/mol. The number of aliphatic hydroxyl groups is 1. The van der Waals surface area contributed by atoms with Crippen molar-refractivity contribution in [1.29, 1.82) is 0 Å². The molecule has 1 aliphatic rings. The molecule has 118 heavy (non-hydrogen) atoms. The van der Waals surface area contributed by atoms with Crippen LogP contribution in [0.2, 0.25) is 0 Å². The van der Waals surface area contributed by atoms with E-state index in [0.717, 1.165) is 51.5 Å². The van der Waals surface area contributed by atoms with Crippen molar-refractivity contribution in [3.05, 3.63) is 65.4 Å². The molecule has 1 aromatic heterocycles. The molecule has 0 aliphatic carbocycles. The lowest BCUT2D eigenvalue weighted by Crippen LogP contribution is -2.57. The molecule has 1 saturated heterocycles. The van der Waals surface area contributed by atoms with Crippen LogP contribution in [0, 0.1) is 30.6 Å². The summed E-state index contributed by atoms with van der Waals surface area (Å²) in [5.41, 5.74) is 7.89. The SMILES string of the molecule is CCCCCCCCCC(=O)N[C@@H](Cc1c[nH]c2ccc(C)cc12)C(=O)N[C@H](CC(N)=O)C(=O)C[C@@H](CC(=O)O)C(=O)N[C@@H]1C(=O)NCC(=O)N[C@@H](CCCC)C(=O)C[C@@H](COC=O)C(=O)N[C@H](C)C(=O)N[C@@H](COC=O)C(=O)NCC(=O)N[C@H](CO)C(=O)C[C@@H]([C@H](C)CC(=O)O)C(=O)N[C@@H](CC(=O)c2ccccc2NCC)C(=O)O[C@@H]1C. The van der Waals surface area contributed by atoms with Crippen LogP contribution in [-0.4, -0.2) is 233 Å². The molecular formula is C79H111N13O26. The molecule has 0 bridgehead atoms. The average molecular weight is 1660 g/mol. The number of nitrogens with one attached hydrogen (secondary N) is 12. The number of aromatic nitrogens is 1. The number of Topliss-reactive ketones (excluding diaryl/α,β-unsaturated/α-hetero) is 4. The Labute approximate surface area is 680 Å². The highest BCUT2D eigenvalue weighted by Gasteiger charge is 2.41. The van der Waals surface area contributed by atoms with E-state index < -0.39 is 262 Å². The maximum Gasteiger partial charge on any atom is 0.329 e. The quantitative estimate of drug-likeness (QED) is 0.0114. The van der Waals surface area contributed by atoms with Gasteiger partial charge in [-0.1, -0.05) is 95.9 Å². The number of rotatable bonds is 40. The number of H-pyrrole nitrogens is 1. The Hall–Kier alpha value is -12.1. The fourth-order valence-electron chi connectivity index (χ4n) is 12.9. The van der Waals surface area contributed by atoms with Gasteiger partial charge in [0.1, 0.15) is 55.6 Å². The number of esters is 1. The Balaban J connectivity index is 1.90. The summed E-state index contributed by atoms with van der Waals surface area (Å²) in [5, 5.41) is 57.7. The topological polar surface area (TPSA) is 604 Å². The fourth-order valence-corrected chi connectivity index (χ4v) is 12.9. The van der Waals surface area contributed by atoms with Crippen LogP contribution in [0.5, 0.6) is 0 Å². The second-order valence-electron chi connectivity index (χ2n) is 29.0. The van der Waals surface area contributed by atoms with Crippen LogP contribution in [0.1, 0.15) is 179 Å². The van der Waals surface area contributed by atoms with Gasteiger partial charge < -0.3 is 98.7 Å². The number of carboxylic acids is 2. The van der Waals surface area contributed by atoms with Crippen molar-refractivity contribution in [2.24, 2.45) is 29.4 Å². The lowest BCUT2D eigenvalue weighted by Gasteiger charge is -2.29. The number of aliphatic carboxylic acids is 2. The summed E-state index contributed by atoms with van der Waals surface area (Å²) in [6.07, 6.45) is -1.17. The summed E-state index contributed by atoms with van der Waals surface area (Å²) in [4.78, 5) is 278. The van der Waals surface area contributed by atoms with Crippen LogP contribution in [0.3, 0.4) is 0 Å². The van der Waals surface area contributed by atoms with Gasteiger partial charge in [0.05, 0.1) is 56.5 Å². The van der Waals surface area contributed by atoms with Gasteiger partial charge in [-0.2, -0.15) is 0 Å². The standard InChI is InChI=1S/C79H111N13O26/c1-8-11-13-14-15-16-17-23-66(101)87-57(28-48-35-82-54-25-24-43(4)26-52(48)54)77(113)89-56(34-65(80)100)63(98)29-47(31-70(106)107)73(109)92-71-46(7)118-79(115)58(33-61(96)50-20-18-19-22-53(50)81-10-3)90-75(111)51(44(5)27-69(104)105)32-64(99)59(38-93)88-68(103)36-83-76(112)60(40-117-42-95)91-72(108)45(6)85-74(110)49(39-116-41-94)30-62(97)55(21-12-9-2)86-67(102)37-84-78(71)114/h18-20,22,24-26,35,41-42,44-47,49,51,55-60,71,81-82,93H,8-17,21,23,27-34,36-40H2,1-7H3,(H2,80,100)(H,83,112)(H,84,114)(H,85,110)(H,86,102)(H,87,101)(H,88,103)(H,89,113)(H,90,111)(H,91,108)(H,92,109)(H,104,105)(H,106,107)/t44-,45-,46-,47+,49+,51+,55+,56-,57+,58+,59-,60+,71+/m1/s1. The molecule has 0 radical (unpaired) electrons. The van der Waals surface area contributed by atoms with E-state index in [1.165, 1.54) is 25.1 Å². The van der Waals surface area contributed by atoms with E-state index in [4.69, 9.17) is 19.9 Å². The number of hydrogen-bond acceptors (Lipinski definition) is 25. The Kier molecular flexibility index (Phi) is 42.6. The molecule has 4 rings (SSSR count). The van der Waals surface area contributed by atoms with Gasteiger partial charge in [0.25, 0.3) is 12.9 Å². The maximum atomic E-state index is 15.1. The van der Waals surface area contributed by atoms with Crippen molar-refractivity contribution in [3.63, 3.8) is 0 Å². The van der Waals surface area contributed by atoms with Gasteiger partial charge in [0, 0.05) is 85.8 Å². The van der Waals surface area contributed by atoms with E-state index in [9.17, 15) is 106 Å². The number of aliphatic hydroxyl groups excluding tert-OH is 1. The van der Waals surface area contributed by atoms with Crippen molar-refractivity contribution < 1.29 is 125 Å². The van der Waals surface area contributed by atoms with E-state index >= 15 is 4.79 Å². The van der Waals surface area contributed by atoms with Crippen LogP contribution in [0.15, 0.2) is 48.7 Å². The molecule has 1 aliphatic heterocycles. The summed E-state index contributed by atoms with van der Waals surface area (Å²) in [6, 6.07) is -3.44. The second-order valence-corrected chi connectivity index (χ2v) is 29.0. The third-order valence-electron chi connectivity index (χ3n) is 19.5. The minimum absolute atomic E-state index is 0.00977. The number of ether oxygens (including phenoxy) is 3. The van der Waals surface area contributed by atoms with Gasteiger partial charge in [-0.3, -0.25) is 91.1 Å². The Morgan fingerprint density at radius 3 is 1.90 bits per heavy atom. The first kappa shape index (κ1) is 98.3. The largest absolute Gasteiger partial charge is 0.481 e. The highest BCUT2D eigenvalue weighted by molar-refractivity contribution is 6.05. The van der Waals surface area contributed by atoms with Gasteiger partial charge in [0.2, 0.25) is 65.0 Å². The number of aryl methyl sites for hydroxylation is 1. The second kappa shape index (κ2) is 51.1. The smallest absolute Gasteiger partial charge is 0.329 e. The third kappa shape index (κ3) is 33.6. The van der Waals surface area contributed by atoms with E-state index in [1.807, 2.05) is 19.1 Å². The summed E-state index contributed by atoms with van der Waals surface area (Å²) >= 11 is 0. The number of fused-ring (bicyclic) bond motifs is 1. The molecule has 1 fully saturated rings. The predicted octanol–water partition coefficient (Wildman–Crippen LogP) is -0.344. The highest BCUT2D eigenvalue weighted by atomic mass is 16.5. The van der Waals surface area contributed by atoms with Gasteiger partial charge in [-0.05, 0) is 76.3 Å². The first-order valence-electron chi connectivity index (χ1n) is 39.2. The zero-order valence-corrected chi connectivity index (χ0v) is 67.3. The maximum absolute atomic E-state index is 15.1. The number of unbranched alkanes of at least 4 members (excludes halogenated alkanes) is 7. The van der Waals surface area contributed by atoms with Gasteiger partial charge in [0.15, 0.2) is 23.1 Å². The fraction of sp³-hybridized carbons (Fsp3) is 0.570. The molecule has 13 atom stereocenters. The molecule has 3 aromatic rings. The predicted molar refractivity (Wildman–Crippen MR) is 419 cm³/mol. The number of carbonyl (C=O) groups is 20. The van der Waals surface area contributed by atoms with Crippen LogP contribution < -0.4 is 64.2 Å². The Morgan fingerprint density at radius 2 is 1.26 bits per heavy atom. The van der Waals surface area contributed by atoms with E-state index in [0.29, 0.717) is 35.7 Å². The normalized spacial score (nSPS) is 21.0. The number of primary amides is 1. The molecule has 648 valence electrons. The molecular weight excluding hydrogens is 1550 g/mol. The molecule has 0 unspecified atom stereocenters. The van der Waals surface area contributed by atoms with E-state index in [1.54, 1.807) is 32.2 Å². The summed E-state index contributed by atoms with van der Waals surface area (Å²) in [7, 11) is 0.